The van der Waals surface area contributed by atoms with Crippen molar-refractivity contribution in [3.05, 3.63) is 24.2 Å². The standard InChI is InChI=1S/C12H22N2O/c1-3-4-12(13)5-7-14(2)9-11-6-8-15-10-11/h6,8,10,12H,3-5,7,9,13H2,1-2H3. The van der Waals surface area contributed by atoms with Gasteiger partial charge in [-0.05, 0) is 32.5 Å². The van der Waals surface area contributed by atoms with Crippen molar-refractivity contribution in [2.45, 2.75) is 38.8 Å². The zero-order valence-corrected chi connectivity index (χ0v) is 9.78. The van der Waals surface area contributed by atoms with Gasteiger partial charge in [-0.1, -0.05) is 13.3 Å². The first-order chi connectivity index (χ1) is 7.22. The van der Waals surface area contributed by atoms with E-state index in [-0.39, 0.29) is 0 Å². The van der Waals surface area contributed by atoms with Crippen molar-refractivity contribution in [3.8, 4) is 0 Å². The molecule has 1 aromatic heterocycles. The van der Waals surface area contributed by atoms with Crippen LogP contribution in [0.3, 0.4) is 0 Å². The third-order valence-corrected chi connectivity index (χ3v) is 2.57. The van der Waals surface area contributed by atoms with Gasteiger partial charge in [0.1, 0.15) is 0 Å². The van der Waals surface area contributed by atoms with Crippen LogP contribution in [-0.2, 0) is 6.54 Å². The van der Waals surface area contributed by atoms with E-state index in [0.717, 1.165) is 25.9 Å². The number of rotatable bonds is 7. The Bertz CT molecular complexity index is 246. The van der Waals surface area contributed by atoms with E-state index < -0.39 is 0 Å². The summed E-state index contributed by atoms with van der Waals surface area (Å²) in [5.74, 6) is 0. The molecule has 1 heterocycles. The van der Waals surface area contributed by atoms with Crippen LogP contribution in [0, 0.1) is 0 Å². The summed E-state index contributed by atoms with van der Waals surface area (Å²) in [5.41, 5.74) is 7.18. The molecule has 0 aliphatic heterocycles. The maximum Gasteiger partial charge on any atom is 0.0947 e. The van der Waals surface area contributed by atoms with Gasteiger partial charge in [-0.15, -0.1) is 0 Å². The van der Waals surface area contributed by atoms with Crippen LogP contribution in [0.2, 0.25) is 0 Å². The molecule has 0 fully saturated rings. The van der Waals surface area contributed by atoms with Crippen LogP contribution >= 0.6 is 0 Å². The lowest BCUT2D eigenvalue weighted by molar-refractivity contribution is 0.306. The third-order valence-electron chi connectivity index (χ3n) is 2.57. The minimum atomic E-state index is 0.349. The molecule has 0 spiro atoms. The molecule has 86 valence electrons. The molecule has 3 heteroatoms. The van der Waals surface area contributed by atoms with Crippen LogP contribution in [0.1, 0.15) is 31.7 Å². The average molecular weight is 210 g/mol. The molecule has 0 aliphatic rings. The number of hydrogen-bond donors (Lipinski definition) is 1. The van der Waals surface area contributed by atoms with E-state index >= 15 is 0 Å². The maximum absolute atomic E-state index is 5.96. The summed E-state index contributed by atoms with van der Waals surface area (Å²) in [7, 11) is 2.12. The quantitative estimate of drug-likeness (QED) is 0.750. The molecule has 2 N–H and O–H groups in total. The molecule has 0 radical (unpaired) electrons. The van der Waals surface area contributed by atoms with Gasteiger partial charge in [0, 0.05) is 18.2 Å². The van der Waals surface area contributed by atoms with Gasteiger partial charge in [0.05, 0.1) is 12.5 Å². The van der Waals surface area contributed by atoms with E-state index in [1.807, 2.05) is 6.07 Å². The molecule has 0 saturated carbocycles. The zero-order chi connectivity index (χ0) is 11.1. The Morgan fingerprint density at radius 3 is 2.87 bits per heavy atom. The minimum Gasteiger partial charge on any atom is -0.472 e. The minimum absolute atomic E-state index is 0.349. The summed E-state index contributed by atoms with van der Waals surface area (Å²) in [4.78, 5) is 2.28. The molecule has 0 saturated heterocycles. The highest BCUT2D eigenvalue weighted by Gasteiger charge is 2.05. The molecule has 1 unspecified atom stereocenters. The fraction of sp³-hybridized carbons (Fsp3) is 0.667. The number of nitrogens with zero attached hydrogens (tertiary/aromatic N) is 1. The van der Waals surface area contributed by atoms with E-state index in [2.05, 4.69) is 18.9 Å². The van der Waals surface area contributed by atoms with Crippen LogP contribution < -0.4 is 5.73 Å². The fourth-order valence-electron chi connectivity index (χ4n) is 1.67. The van der Waals surface area contributed by atoms with Crippen LogP contribution in [-0.4, -0.2) is 24.5 Å². The predicted octanol–water partition coefficient (Wildman–Crippen LogP) is 2.23. The first kappa shape index (κ1) is 12.3. The first-order valence-corrected chi connectivity index (χ1v) is 5.67. The van der Waals surface area contributed by atoms with Crippen LogP contribution in [0.25, 0.3) is 0 Å². The number of nitrogens with two attached hydrogens (primary N) is 1. The van der Waals surface area contributed by atoms with Gasteiger partial charge in [0.15, 0.2) is 0 Å². The van der Waals surface area contributed by atoms with Crippen LogP contribution in [0.15, 0.2) is 23.0 Å². The Labute approximate surface area is 92.2 Å². The Hall–Kier alpha value is -0.800. The normalized spacial score (nSPS) is 13.3. The van der Waals surface area contributed by atoms with Crippen molar-refractivity contribution in [1.82, 2.24) is 4.90 Å². The first-order valence-electron chi connectivity index (χ1n) is 5.67. The zero-order valence-electron chi connectivity index (χ0n) is 9.78. The lowest BCUT2D eigenvalue weighted by atomic mass is 10.1. The molecule has 15 heavy (non-hydrogen) atoms. The Balaban J connectivity index is 2.16. The highest BCUT2D eigenvalue weighted by Crippen LogP contribution is 2.05. The lowest BCUT2D eigenvalue weighted by Crippen LogP contribution is -2.27. The molecule has 3 nitrogen and oxygen atoms in total. The number of furan rings is 1. The van der Waals surface area contributed by atoms with Gasteiger partial charge >= 0.3 is 0 Å². The summed E-state index contributed by atoms with van der Waals surface area (Å²) < 4.78 is 5.03. The van der Waals surface area contributed by atoms with E-state index in [0.29, 0.717) is 6.04 Å². The van der Waals surface area contributed by atoms with Gasteiger partial charge in [-0.2, -0.15) is 0 Å². The van der Waals surface area contributed by atoms with Gasteiger partial charge in [-0.25, -0.2) is 0 Å². The summed E-state index contributed by atoms with van der Waals surface area (Å²) in [6.07, 6.45) is 6.88. The number of hydrogen-bond acceptors (Lipinski definition) is 3. The average Bonchev–Trinajstić information content (AvgIpc) is 2.68. The van der Waals surface area contributed by atoms with E-state index in [1.54, 1.807) is 12.5 Å². The van der Waals surface area contributed by atoms with Crippen LogP contribution in [0.4, 0.5) is 0 Å². The summed E-state index contributed by atoms with van der Waals surface area (Å²) in [5, 5.41) is 0. The Morgan fingerprint density at radius 1 is 1.47 bits per heavy atom. The van der Waals surface area contributed by atoms with E-state index in [1.165, 1.54) is 12.0 Å². The highest BCUT2D eigenvalue weighted by molar-refractivity contribution is 5.04. The molecule has 0 amide bonds. The second kappa shape index (κ2) is 6.64. The van der Waals surface area contributed by atoms with E-state index in [4.69, 9.17) is 10.2 Å². The van der Waals surface area contributed by atoms with E-state index in [9.17, 15) is 0 Å². The summed E-state index contributed by atoms with van der Waals surface area (Å²) in [6.45, 7) is 4.16. The SMILES string of the molecule is CCCC(N)CCN(C)Cc1ccoc1. The van der Waals surface area contributed by atoms with Crippen molar-refractivity contribution in [1.29, 1.82) is 0 Å². The molecule has 0 bridgehead atoms. The van der Waals surface area contributed by atoms with Crippen molar-refractivity contribution in [2.24, 2.45) is 5.73 Å². The second-order valence-electron chi connectivity index (χ2n) is 4.21. The molecular weight excluding hydrogens is 188 g/mol. The molecule has 0 aliphatic carbocycles. The molecular formula is C12H22N2O. The Kier molecular flexibility index (Phi) is 5.43. The second-order valence-corrected chi connectivity index (χ2v) is 4.21. The lowest BCUT2D eigenvalue weighted by Gasteiger charge is -2.18. The van der Waals surface area contributed by atoms with Crippen LogP contribution in [0.5, 0.6) is 0 Å². The third kappa shape index (κ3) is 5.00. The maximum atomic E-state index is 5.96. The summed E-state index contributed by atoms with van der Waals surface area (Å²) >= 11 is 0. The molecule has 1 aromatic rings. The topological polar surface area (TPSA) is 42.4 Å². The van der Waals surface area contributed by atoms with Crippen molar-refractivity contribution in [3.63, 3.8) is 0 Å². The molecule has 1 atom stereocenters. The Morgan fingerprint density at radius 2 is 2.27 bits per heavy atom. The summed E-state index contributed by atoms with van der Waals surface area (Å²) in [6, 6.07) is 2.35. The molecule has 0 aromatic carbocycles. The van der Waals surface area contributed by atoms with Crippen molar-refractivity contribution in [2.75, 3.05) is 13.6 Å². The smallest absolute Gasteiger partial charge is 0.0947 e. The van der Waals surface area contributed by atoms with Crippen molar-refractivity contribution < 1.29 is 4.42 Å². The monoisotopic (exact) mass is 210 g/mol. The van der Waals surface area contributed by atoms with Gasteiger partial charge in [0.2, 0.25) is 0 Å². The van der Waals surface area contributed by atoms with Gasteiger partial charge < -0.3 is 15.1 Å². The largest absolute Gasteiger partial charge is 0.472 e. The highest BCUT2D eigenvalue weighted by atomic mass is 16.3. The predicted molar refractivity (Wildman–Crippen MR) is 62.5 cm³/mol. The van der Waals surface area contributed by atoms with Crippen molar-refractivity contribution >= 4 is 0 Å². The van der Waals surface area contributed by atoms with Gasteiger partial charge in [0.25, 0.3) is 0 Å². The fourth-order valence-corrected chi connectivity index (χ4v) is 1.67. The molecule has 1 rings (SSSR count). The van der Waals surface area contributed by atoms with Gasteiger partial charge in [-0.3, -0.25) is 0 Å².